The Morgan fingerprint density at radius 1 is 1.09 bits per heavy atom. The molecule has 0 saturated heterocycles. The first-order valence-corrected chi connectivity index (χ1v) is 7.49. The summed E-state index contributed by atoms with van der Waals surface area (Å²) < 4.78 is 12.9. The van der Waals surface area contributed by atoms with Crippen LogP contribution in [0, 0.1) is 5.82 Å². The molecule has 3 nitrogen and oxygen atoms in total. The highest BCUT2D eigenvalue weighted by molar-refractivity contribution is 7.80. The van der Waals surface area contributed by atoms with Gasteiger partial charge in [-0.05, 0) is 56.1 Å². The summed E-state index contributed by atoms with van der Waals surface area (Å²) in [4.78, 5) is 2.14. The fourth-order valence-corrected chi connectivity index (χ4v) is 2.37. The van der Waals surface area contributed by atoms with Gasteiger partial charge in [-0.25, -0.2) is 4.39 Å². The van der Waals surface area contributed by atoms with Crippen molar-refractivity contribution < 1.29 is 4.39 Å². The summed E-state index contributed by atoms with van der Waals surface area (Å²) >= 11 is 5.29. The van der Waals surface area contributed by atoms with E-state index in [-0.39, 0.29) is 11.9 Å². The van der Waals surface area contributed by atoms with Crippen molar-refractivity contribution in [2.75, 3.05) is 26.0 Å². The maximum atomic E-state index is 12.9. The molecule has 2 rings (SSSR count). The van der Waals surface area contributed by atoms with Crippen LogP contribution in [0.4, 0.5) is 10.1 Å². The summed E-state index contributed by atoms with van der Waals surface area (Å²) in [5.74, 6) is -0.263. The fourth-order valence-electron chi connectivity index (χ4n) is 2.17. The number of anilines is 1. The second-order valence-corrected chi connectivity index (χ2v) is 5.64. The molecule has 22 heavy (non-hydrogen) atoms. The number of nitrogens with one attached hydrogen (secondary N) is 2. The molecule has 0 heterocycles. The van der Waals surface area contributed by atoms with Crippen LogP contribution in [0.15, 0.2) is 54.6 Å². The number of nitrogens with zero attached hydrogens (tertiary/aromatic N) is 1. The van der Waals surface area contributed by atoms with Gasteiger partial charge in [-0.15, -0.1) is 0 Å². The number of likely N-dealkylation sites (N-methyl/N-ethyl adjacent to an activating group) is 1. The molecule has 0 spiro atoms. The van der Waals surface area contributed by atoms with Crippen molar-refractivity contribution in [2.45, 2.75) is 6.04 Å². The molecule has 2 aromatic carbocycles. The Labute approximate surface area is 136 Å². The Bertz CT molecular complexity index is 599. The van der Waals surface area contributed by atoms with Gasteiger partial charge in [-0.2, -0.15) is 0 Å². The first-order valence-electron chi connectivity index (χ1n) is 7.08. The van der Waals surface area contributed by atoms with Crippen molar-refractivity contribution in [1.82, 2.24) is 10.2 Å². The Kier molecular flexibility index (Phi) is 5.86. The number of halogens is 1. The van der Waals surface area contributed by atoms with Crippen molar-refractivity contribution in [3.63, 3.8) is 0 Å². The van der Waals surface area contributed by atoms with Gasteiger partial charge in [0.2, 0.25) is 0 Å². The van der Waals surface area contributed by atoms with Gasteiger partial charge in [-0.3, -0.25) is 0 Å². The molecule has 0 aromatic heterocycles. The standard InChI is InChI=1S/C17H20FN3S/c1-21(2)16(13-6-4-3-5-7-13)12-19-17(22)20-15-10-8-14(18)9-11-15/h3-11,16H,12H2,1-2H3,(H2,19,20,22)/t16-/m1/s1. The topological polar surface area (TPSA) is 27.3 Å². The molecule has 0 aliphatic carbocycles. The minimum Gasteiger partial charge on any atom is -0.361 e. The third-order valence-corrected chi connectivity index (χ3v) is 3.61. The summed E-state index contributed by atoms with van der Waals surface area (Å²) in [7, 11) is 4.07. The van der Waals surface area contributed by atoms with Crippen LogP contribution < -0.4 is 10.6 Å². The van der Waals surface area contributed by atoms with Crippen molar-refractivity contribution in [2.24, 2.45) is 0 Å². The number of rotatable bonds is 5. The van der Waals surface area contributed by atoms with Gasteiger partial charge in [0.1, 0.15) is 5.82 Å². The second kappa shape index (κ2) is 7.87. The Hall–Kier alpha value is -1.98. The molecule has 0 aliphatic heterocycles. The van der Waals surface area contributed by atoms with Gasteiger partial charge < -0.3 is 15.5 Å². The summed E-state index contributed by atoms with van der Waals surface area (Å²) in [6.07, 6.45) is 0. The first kappa shape index (κ1) is 16.4. The van der Waals surface area contributed by atoms with Crippen molar-refractivity contribution in [1.29, 1.82) is 0 Å². The van der Waals surface area contributed by atoms with Crippen LogP contribution in [0.5, 0.6) is 0 Å². The minimum atomic E-state index is -0.263. The van der Waals surface area contributed by atoms with Crippen molar-refractivity contribution in [3.05, 3.63) is 66.0 Å². The zero-order chi connectivity index (χ0) is 15.9. The molecule has 0 unspecified atom stereocenters. The number of hydrogen-bond acceptors (Lipinski definition) is 2. The maximum Gasteiger partial charge on any atom is 0.170 e. The van der Waals surface area contributed by atoms with E-state index in [2.05, 4.69) is 27.7 Å². The first-order chi connectivity index (χ1) is 10.6. The quantitative estimate of drug-likeness (QED) is 0.827. The average Bonchev–Trinajstić information content (AvgIpc) is 2.50. The molecule has 0 saturated carbocycles. The van der Waals surface area contributed by atoms with E-state index in [1.54, 1.807) is 12.1 Å². The van der Waals surface area contributed by atoms with E-state index in [0.717, 1.165) is 5.69 Å². The molecule has 2 N–H and O–H groups in total. The van der Waals surface area contributed by atoms with Gasteiger partial charge in [0, 0.05) is 12.2 Å². The molecule has 0 bridgehead atoms. The normalized spacial score (nSPS) is 12.0. The van der Waals surface area contributed by atoms with Crippen LogP contribution in [-0.4, -0.2) is 30.7 Å². The molecule has 0 aliphatic rings. The lowest BCUT2D eigenvalue weighted by atomic mass is 10.1. The Morgan fingerprint density at radius 3 is 2.32 bits per heavy atom. The fraction of sp³-hybridized carbons (Fsp3) is 0.235. The molecular formula is C17H20FN3S. The summed E-state index contributed by atoms with van der Waals surface area (Å²) in [6.45, 7) is 0.685. The summed E-state index contributed by atoms with van der Waals surface area (Å²) in [6, 6.07) is 16.6. The molecule has 5 heteroatoms. The Morgan fingerprint density at radius 2 is 1.73 bits per heavy atom. The van der Waals surface area contributed by atoms with Crippen LogP contribution in [0.2, 0.25) is 0 Å². The van der Waals surface area contributed by atoms with Crippen LogP contribution in [0.25, 0.3) is 0 Å². The molecule has 0 radical (unpaired) electrons. The lowest BCUT2D eigenvalue weighted by molar-refractivity contribution is 0.299. The van der Waals surface area contributed by atoms with E-state index in [1.165, 1.54) is 17.7 Å². The smallest absolute Gasteiger partial charge is 0.170 e. The van der Waals surface area contributed by atoms with E-state index in [1.807, 2.05) is 32.3 Å². The van der Waals surface area contributed by atoms with Gasteiger partial charge in [0.05, 0.1) is 6.04 Å². The SMILES string of the molecule is CN(C)[C@H](CNC(=S)Nc1ccc(F)cc1)c1ccccc1. The largest absolute Gasteiger partial charge is 0.361 e. The number of benzene rings is 2. The summed E-state index contributed by atoms with van der Waals surface area (Å²) in [5.41, 5.74) is 1.99. The molecule has 0 fully saturated rings. The maximum absolute atomic E-state index is 12.9. The van der Waals surface area contributed by atoms with Crippen molar-refractivity contribution in [3.8, 4) is 0 Å². The van der Waals surface area contributed by atoms with Crippen LogP contribution >= 0.6 is 12.2 Å². The minimum absolute atomic E-state index is 0.217. The third kappa shape index (κ3) is 4.79. The van der Waals surface area contributed by atoms with Gasteiger partial charge >= 0.3 is 0 Å². The van der Waals surface area contributed by atoms with E-state index < -0.39 is 0 Å². The van der Waals surface area contributed by atoms with E-state index in [9.17, 15) is 4.39 Å². The Balaban J connectivity index is 1.92. The molecule has 116 valence electrons. The van der Waals surface area contributed by atoms with Crippen LogP contribution in [0.3, 0.4) is 0 Å². The van der Waals surface area contributed by atoms with Gasteiger partial charge in [-0.1, -0.05) is 30.3 Å². The lowest BCUT2D eigenvalue weighted by Gasteiger charge is -2.25. The number of thiocarbonyl (C=S) groups is 1. The zero-order valence-corrected chi connectivity index (χ0v) is 13.5. The molecule has 1 atom stereocenters. The van der Waals surface area contributed by atoms with E-state index >= 15 is 0 Å². The van der Waals surface area contributed by atoms with E-state index in [0.29, 0.717) is 11.7 Å². The van der Waals surface area contributed by atoms with Crippen LogP contribution in [0.1, 0.15) is 11.6 Å². The average molecular weight is 317 g/mol. The van der Waals surface area contributed by atoms with Crippen LogP contribution in [-0.2, 0) is 0 Å². The number of hydrogen-bond donors (Lipinski definition) is 2. The monoisotopic (exact) mass is 317 g/mol. The molecular weight excluding hydrogens is 297 g/mol. The molecule has 0 amide bonds. The van der Waals surface area contributed by atoms with E-state index in [4.69, 9.17) is 12.2 Å². The second-order valence-electron chi connectivity index (χ2n) is 5.23. The highest BCUT2D eigenvalue weighted by atomic mass is 32.1. The third-order valence-electron chi connectivity index (χ3n) is 3.37. The molecule has 2 aromatic rings. The van der Waals surface area contributed by atoms with Gasteiger partial charge in [0.15, 0.2) is 5.11 Å². The van der Waals surface area contributed by atoms with Gasteiger partial charge in [0.25, 0.3) is 0 Å². The lowest BCUT2D eigenvalue weighted by Crippen LogP contribution is -2.36. The highest BCUT2D eigenvalue weighted by Crippen LogP contribution is 2.16. The summed E-state index contributed by atoms with van der Waals surface area (Å²) in [5, 5.41) is 6.78. The van der Waals surface area contributed by atoms with Crippen molar-refractivity contribution >= 4 is 23.0 Å². The predicted molar refractivity (Wildman–Crippen MR) is 93.5 cm³/mol. The zero-order valence-electron chi connectivity index (χ0n) is 12.7. The predicted octanol–water partition coefficient (Wildman–Crippen LogP) is 3.42. The highest BCUT2D eigenvalue weighted by Gasteiger charge is 2.13.